The summed E-state index contributed by atoms with van der Waals surface area (Å²) in [6.07, 6.45) is 4.99. The zero-order chi connectivity index (χ0) is 26.9. The van der Waals surface area contributed by atoms with Crippen molar-refractivity contribution in [2.24, 2.45) is 5.73 Å². The smallest absolute Gasteiger partial charge is 0.227 e. The molecule has 0 unspecified atom stereocenters. The summed E-state index contributed by atoms with van der Waals surface area (Å²) in [7, 11) is 0. The van der Waals surface area contributed by atoms with Crippen LogP contribution in [0.2, 0.25) is 0 Å². The normalized spacial score (nSPS) is 20.6. The molecule has 1 aromatic carbocycles. The summed E-state index contributed by atoms with van der Waals surface area (Å²) in [4.78, 5) is 15.2. The number of hydrogen-bond donors (Lipinski definition) is 3. The van der Waals surface area contributed by atoms with Crippen LogP contribution in [0.15, 0.2) is 49.3 Å². The number of rotatable bonds is 8. The number of fused-ring (bicyclic) bond motifs is 1. The van der Waals surface area contributed by atoms with Gasteiger partial charge in [-0.25, -0.2) is 14.4 Å². The number of aliphatic hydroxyl groups is 1. The summed E-state index contributed by atoms with van der Waals surface area (Å²) in [5.41, 5.74) is 6.01. The number of ether oxygens (including phenoxy) is 1. The summed E-state index contributed by atoms with van der Waals surface area (Å²) in [5.74, 6) is 2.49. The maximum Gasteiger partial charge on any atom is 0.227 e. The van der Waals surface area contributed by atoms with E-state index in [2.05, 4.69) is 50.4 Å². The number of piperidine rings is 1. The molecular weight excluding hydrogens is 489 g/mol. The van der Waals surface area contributed by atoms with E-state index in [1.165, 1.54) is 6.92 Å². The second kappa shape index (κ2) is 10.5. The highest BCUT2D eigenvalue weighted by Crippen LogP contribution is 2.34. The number of hydrogen-bond acceptors (Lipinski definition) is 10. The highest BCUT2D eigenvalue weighted by Gasteiger charge is 2.38. The van der Waals surface area contributed by atoms with E-state index in [9.17, 15) is 9.50 Å². The molecule has 0 bridgehead atoms. The topological polar surface area (TPSA) is 140 Å². The minimum absolute atomic E-state index is 0.0339. The van der Waals surface area contributed by atoms with E-state index in [1.54, 1.807) is 40.6 Å². The van der Waals surface area contributed by atoms with E-state index in [0.29, 0.717) is 36.3 Å². The third-order valence-corrected chi connectivity index (χ3v) is 6.87. The number of pyridine rings is 1. The molecule has 4 aromatic rings. The molecule has 1 saturated heterocycles. The number of aromatic nitrogens is 6. The number of benzene rings is 1. The highest BCUT2D eigenvalue weighted by molar-refractivity contribution is 5.92. The van der Waals surface area contributed by atoms with Crippen molar-refractivity contribution >= 4 is 28.4 Å². The Morgan fingerprint density at radius 3 is 2.71 bits per heavy atom. The second-order valence-electron chi connectivity index (χ2n) is 10.1. The molecule has 4 heterocycles. The number of nitrogens with one attached hydrogen (secondary N) is 1. The van der Waals surface area contributed by atoms with Gasteiger partial charge in [0.25, 0.3) is 0 Å². The first-order valence-corrected chi connectivity index (χ1v) is 12.6. The van der Waals surface area contributed by atoms with Crippen molar-refractivity contribution in [3.63, 3.8) is 0 Å². The largest absolute Gasteiger partial charge is 0.489 e. The van der Waals surface area contributed by atoms with E-state index in [-0.39, 0.29) is 19.1 Å². The average Bonchev–Trinajstić information content (AvgIpc) is 3.44. The summed E-state index contributed by atoms with van der Waals surface area (Å²) < 4.78 is 22.2. The van der Waals surface area contributed by atoms with Gasteiger partial charge < -0.3 is 30.4 Å². The van der Waals surface area contributed by atoms with E-state index < -0.39 is 17.9 Å². The molecule has 0 saturated carbocycles. The lowest BCUT2D eigenvalue weighted by Gasteiger charge is -2.38. The van der Waals surface area contributed by atoms with E-state index in [1.807, 2.05) is 12.1 Å². The summed E-state index contributed by atoms with van der Waals surface area (Å²) in [6.45, 7) is 6.53. The molecule has 0 radical (unpaired) electrons. The molecule has 1 aliphatic heterocycles. The molecule has 0 amide bonds. The minimum Gasteiger partial charge on any atom is -0.489 e. The van der Waals surface area contributed by atoms with Gasteiger partial charge in [0.05, 0.1) is 12.1 Å². The molecule has 1 aliphatic rings. The van der Waals surface area contributed by atoms with Crippen molar-refractivity contribution in [3.05, 3.63) is 54.9 Å². The standard InChI is InChI=1S/C26H32FN9O2/c1-16(2)17-4-5-20(38-13-22(28)36-14-31-32-15-36)19-11-30-24(10-18(17)19)33-23-6-8-29-25(34-23)35-9-7-26(3,37)21(27)12-35/h4-6,8,10-11,14-16,21-22,37H,7,9,12-13,28H2,1-3H3,(H,29,30,33,34)/t21-,22-,26+/m1/s1. The van der Waals surface area contributed by atoms with Crippen molar-refractivity contribution < 1.29 is 14.2 Å². The van der Waals surface area contributed by atoms with Crippen LogP contribution < -0.4 is 20.7 Å². The van der Waals surface area contributed by atoms with Gasteiger partial charge in [0.1, 0.15) is 49.0 Å². The van der Waals surface area contributed by atoms with Crippen LogP contribution in [-0.4, -0.2) is 66.3 Å². The van der Waals surface area contributed by atoms with Gasteiger partial charge in [-0.2, -0.15) is 4.98 Å². The molecule has 0 aliphatic carbocycles. The lowest BCUT2D eigenvalue weighted by atomic mass is 9.92. The predicted molar refractivity (Wildman–Crippen MR) is 142 cm³/mol. The lowest BCUT2D eigenvalue weighted by Crippen LogP contribution is -2.52. The van der Waals surface area contributed by atoms with Crippen molar-refractivity contribution in [3.8, 4) is 5.75 Å². The third-order valence-electron chi connectivity index (χ3n) is 6.87. The fourth-order valence-corrected chi connectivity index (χ4v) is 4.46. The molecule has 38 heavy (non-hydrogen) atoms. The van der Waals surface area contributed by atoms with Crippen LogP contribution in [0, 0.1) is 0 Å². The zero-order valence-electron chi connectivity index (χ0n) is 21.6. The van der Waals surface area contributed by atoms with E-state index in [4.69, 9.17) is 10.5 Å². The Morgan fingerprint density at radius 1 is 1.18 bits per heavy atom. The highest BCUT2D eigenvalue weighted by atomic mass is 19.1. The minimum atomic E-state index is -1.38. The van der Waals surface area contributed by atoms with Crippen LogP contribution in [0.1, 0.15) is 44.8 Å². The first kappa shape index (κ1) is 25.7. The molecule has 1 fully saturated rings. The van der Waals surface area contributed by atoms with Crippen molar-refractivity contribution in [2.45, 2.75) is 51.0 Å². The van der Waals surface area contributed by atoms with Gasteiger partial charge >= 0.3 is 0 Å². The number of nitrogens with zero attached hydrogens (tertiary/aromatic N) is 7. The molecule has 3 aromatic heterocycles. The van der Waals surface area contributed by atoms with Crippen LogP contribution in [0.3, 0.4) is 0 Å². The van der Waals surface area contributed by atoms with Crippen LogP contribution in [0.4, 0.5) is 22.0 Å². The Kier molecular flexibility index (Phi) is 7.09. The van der Waals surface area contributed by atoms with Gasteiger partial charge in [0.2, 0.25) is 5.95 Å². The Bertz CT molecular complexity index is 1400. The van der Waals surface area contributed by atoms with Crippen LogP contribution >= 0.6 is 0 Å². The van der Waals surface area contributed by atoms with Crippen molar-refractivity contribution in [2.75, 3.05) is 29.9 Å². The van der Waals surface area contributed by atoms with E-state index in [0.717, 1.165) is 16.3 Å². The first-order valence-electron chi connectivity index (χ1n) is 12.6. The summed E-state index contributed by atoms with van der Waals surface area (Å²) >= 11 is 0. The number of nitrogens with two attached hydrogens (primary N) is 1. The average molecular weight is 522 g/mol. The Balaban J connectivity index is 1.37. The van der Waals surface area contributed by atoms with Gasteiger partial charge in [-0.3, -0.25) is 0 Å². The van der Waals surface area contributed by atoms with E-state index >= 15 is 0 Å². The Labute approximate surface area is 219 Å². The van der Waals surface area contributed by atoms with Crippen LogP contribution in [-0.2, 0) is 0 Å². The third kappa shape index (κ3) is 5.36. The first-order chi connectivity index (χ1) is 18.2. The number of alkyl halides is 1. The lowest BCUT2D eigenvalue weighted by molar-refractivity contribution is -0.0332. The quantitative estimate of drug-likeness (QED) is 0.316. The zero-order valence-corrected chi connectivity index (χ0v) is 21.6. The fraction of sp³-hybridized carbons (Fsp3) is 0.423. The SMILES string of the molecule is CC(C)c1ccc(OC[C@H](N)n2cnnc2)c2cnc(Nc3ccnc(N4CC[C@](C)(O)[C@H](F)C4)n3)cc12. The van der Waals surface area contributed by atoms with Crippen LogP contribution in [0.25, 0.3) is 10.8 Å². The molecule has 4 N–H and O–H groups in total. The molecule has 5 rings (SSSR count). The predicted octanol–water partition coefficient (Wildman–Crippen LogP) is 3.32. The Hall–Kier alpha value is -3.90. The summed E-state index contributed by atoms with van der Waals surface area (Å²) in [5, 5.41) is 22.8. The monoisotopic (exact) mass is 521 g/mol. The van der Waals surface area contributed by atoms with Gasteiger partial charge in [0.15, 0.2) is 0 Å². The molecule has 11 nitrogen and oxygen atoms in total. The maximum absolute atomic E-state index is 14.4. The van der Waals surface area contributed by atoms with Crippen LogP contribution in [0.5, 0.6) is 5.75 Å². The Morgan fingerprint density at radius 2 is 1.97 bits per heavy atom. The van der Waals surface area contributed by atoms with Crippen molar-refractivity contribution in [1.29, 1.82) is 0 Å². The fourth-order valence-electron chi connectivity index (χ4n) is 4.46. The van der Waals surface area contributed by atoms with Gasteiger partial charge in [0, 0.05) is 24.3 Å². The second-order valence-corrected chi connectivity index (χ2v) is 10.1. The molecule has 12 heteroatoms. The van der Waals surface area contributed by atoms with Gasteiger partial charge in [-0.05, 0) is 48.4 Å². The molecule has 200 valence electrons. The number of anilines is 3. The van der Waals surface area contributed by atoms with Crippen molar-refractivity contribution in [1.82, 2.24) is 29.7 Å². The molecule has 3 atom stereocenters. The molecular formula is C26H32FN9O2. The van der Waals surface area contributed by atoms with Gasteiger partial charge in [-0.1, -0.05) is 19.9 Å². The number of halogens is 1. The molecule has 0 spiro atoms. The summed E-state index contributed by atoms with van der Waals surface area (Å²) in [6, 6.07) is 7.69. The maximum atomic E-state index is 14.4. The van der Waals surface area contributed by atoms with Gasteiger partial charge in [-0.15, -0.1) is 10.2 Å².